The molecule has 2 aromatic carbocycles. The SMILES string of the molecule is OC(c1cc(F)c(F)cc1F)C1Cc2ccccc2N1. The average Bonchev–Trinajstić information content (AvgIpc) is 2.86. The van der Waals surface area contributed by atoms with Crippen molar-refractivity contribution in [3.8, 4) is 0 Å². The van der Waals surface area contributed by atoms with Gasteiger partial charge in [0.05, 0.1) is 6.04 Å². The summed E-state index contributed by atoms with van der Waals surface area (Å²) in [5.74, 6) is -3.38. The van der Waals surface area contributed by atoms with Crippen LogP contribution in [0.4, 0.5) is 18.9 Å². The molecule has 104 valence electrons. The molecule has 0 aliphatic carbocycles. The van der Waals surface area contributed by atoms with Crippen molar-refractivity contribution in [2.75, 3.05) is 5.32 Å². The second-order valence-corrected chi connectivity index (χ2v) is 4.84. The number of aliphatic hydroxyl groups excluding tert-OH is 1. The van der Waals surface area contributed by atoms with Crippen LogP contribution in [0, 0.1) is 17.5 Å². The van der Waals surface area contributed by atoms with E-state index in [0.717, 1.165) is 11.3 Å². The lowest BCUT2D eigenvalue weighted by Crippen LogP contribution is -2.25. The molecule has 2 atom stereocenters. The molecule has 1 aliphatic rings. The largest absolute Gasteiger partial charge is 0.386 e. The van der Waals surface area contributed by atoms with Gasteiger partial charge in [0.2, 0.25) is 0 Å². The van der Waals surface area contributed by atoms with E-state index in [1.807, 2.05) is 24.3 Å². The summed E-state index contributed by atoms with van der Waals surface area (Å²) in [5.41, 5.74) is 1.62. The second kappa shape index (κ2) is 4.83. The van der Waals surface area contributed by atoms with Gasteiger partial charge >= 0.3 is 0 Å². The van der Waals surface area contributed by atoms with Gasteiger partial charge in [-0.05, 0) is 24.1 Å². The maximum absolute atomic E-state index is 13.7. The highest BCUT2D eigenvalue weighted by Gasteiger charge is 2.30. The Morgan fingerprint density at radius 1 is 1.05 bits per heavy atom. The van der Waals surface area contributed by atoms with Gasteiger partial charge in [0.25, 0.3) is 0 Å². The molecule has 0 aromatic heterocycles. The lowest BCUT2D eigenvalue weighted by molar-refractivity contribution is 0.151. The van der Waals surface area contributed by atoms with E-state index in [-0.39, 0.29) is 5.56 Å². The van der Waals surface area contributed by atoms with Gasteiger partial charge in [0, 0.05) is 17.3 Å². The molecule has 20 heavy (non-hydrogen) atoms. The highest BCUT2D eigenvalue weighted by molar-refractivity contribution is 5.57. The summed E-state index contributed by atoms with van der Waals surface area (Å²) in [7, 11) is 0. The summed E-state index contributed by atoms with van der Waals surface area (Å²) in [6.45, 7) is 0. The van der Waals surface area contributed by atoms with E-state index < -0.39 is 29.6 Å². The predicted octanol–water partition coefficient (Wildman–Crippen LogP) is 3.17. The third-order valence-electron chi connectivity index (χ3n) is 3.54. The van der Waals surface area contributed by atoms with Gasteiger partial charge in [0.15, 0.2) is 11.6 Å². The van der Waals surface area contributed by atoms with Crippen LogP contribution in [0.5, 0.6) is 0 Å². The smallest absolute Gasteiger partial charge is 0.161 e. The summed E-state index contributed by atoms with van der Waals surface area (Å²) in [4.78, 5) is 0. The van der Waals surface area contributed by atoms with Crippen LogP contribution >= 0.6 is 0 Å². The first kappa shape index (κ1) is 13.0. The number of hydrogen-bond acceptors (Lipinski definition) is 2. The quantitative estimate of drug-likeness (QED) is 0.828. The Hall–Kier alpha value is -2.01. The third kappa shape index (κ3) is 2.14. The Kier molecular flexibility index (Phi) is 3.14. The molecule has 1 heterocycles. The topological polar surface area (TPSA) is 32.3 Å². The molecule has 3 rings (SSSR count). The zero-order valence-electron chi connectivity index (χ0n) is 10.4. The summed E-state index contributed by atoms with van der Waals surface area (Å²) >= 11 is 0. The molecule has 0 spiro atoms. The Labute approximate surface area is 113 Å². The molecule has 1 aliphatic heterocycles. The number of hydrogen-bond donors (Lipinski definition) is 2. The average molecular weight is 279 g/mol. The van der Waals surface area contributed by atoms with Gasteiger partial charge in [0.1, 0.15) is 11.9 Å². The van der Waals surface area contributed by atoms with E-state index in [2.05, 4.69) is 5.32 Å². The van der Waals surface area contributed by atoms with E-state index >= 15 is 0 Å². The van der Waals surface area contributed by atoms with Crippen LogP contribution in [0.2, 0.25) is 0 Å². The predicted molar refractivity (Wildman–Crippen MR) is 68.8 cm³/mol. The summed E-state index contributed by atoms with van der Waals surface area (Å²) in [6, 6.07) is 8.16. The molecule has 0 radical (unpaired) electrons. The molecule has 2 nitrogen and oxygen atoms in total. The van der Waals surface area contributed by atoms with Crippen LogP contribution in [0.3, 0.4) is 0 Å². The standard InChI is InChI=1S/C15H12F3NO/c16-10-7-12(18)11(17)6-9(10)15(20)14-5-8-3-1-2-4-13(8)19-14/h1-4,6-7,14-15,19-20H,5H2. The number of halogens is 3. The number of para-hydroxylation sites is 1. The molecule has 2 N–H and O–H groups in total. The molecule has 2 unspecified atom stereocenters. The van der Waals surface area contributed by atoms with Crippen molar-refractivity contribution in [3.63, 3.8) is 0 Å². The molecule has 5 heteroatoms. The maximum Gasteiger partial charge on any atom is 0.161 e. The summed E-state index contributed by atoms with van der Waals surface area (Å²) in [6.07, 6.45) is -0.757. The number of fused-ring (bicyclic) bond motifs is 1. The minimum absolute atomic E-state index is 0.241. The number of rotatable bonds is 2. The van der Waals surface area contributed by atoms with Crippen molar-refractivity contribution in [2.24, 2.45) is 0 Å². The van der Waals surface area contributed by atoms with Crippen molar-refractivity contribution < 1.29 is 18.3 Å². The third-order valence-corrected chi connectivity index (χ3v) is 3.54. The van der Waals surface area contributed by atoms with Gasteiger partial charge in [-0.1, -0.05) is 18.2 Å². The van der Waals surface area contributed by atoms with Crippen molar-refractivity contribution in [1.82, 2.24) is 0 Å². The lowest BCUT2D eigenvalue weighted by Gasteiger charge is -2.20. The summed E-state index contributed by atoms with van der Waals surface area (Å²) in [5, 5.41) is 13.3. The molecule has 2 aromatic rings. The minimum atomic E-state index is -1.26. The molecular formula is C15H12F3NO. The Balaban J connectivity index is 1.88. The maximum atomic E-state index is 13.7. The molecule has 0 amide bonds. The fourth-order valence-electron chi connectivity index (χ4n) is 2.50. The molecule has 0 bridgehead atoms. The molecule has 0 saturated heterocycles. The highest BCUT2D eigenvalue weighted by Crippen LogP contribution is 2.33. The first-order valence-electron chi connectivity index (χ1n) is 6.23. The first-order chi connectivity index (χ1) is 9.56. The number of anilines is 1. The van der Waals surface area contributed by atoms with E-state index in [4.69, 9.17) is 0 Å². The zero-order valence-corrected chi connectivity index (χ0v) is 10.4. The minimum Gasteiger partial charge on any atom is -0.386 e. The Morgan fingerprint density at radius 3 is 2.50 bits per heavy atom. The summed E-state index contributed by atoms with van der Waals surface area (Å²) < 4.78 is 39.8. The van der Waals surface area contributed by atoms with Crippen LogP contribution < -0.4 is 5.32 Å². The number of nitrogens with one attached hydrogen (secondary N) is 1. The van der Waals surface area contributed by atoms with Gasteiger partial charge in [-0.15, -0.1) is 0 Å². The van der Waals surface area contributed by atoms with Crippen molar-refractivity contribution >= 4 is 5.69 Å². The van der Waals surface area contributed by atoms with E-state index in [1.54, 1.807) is 0 Å². The van der Waals surface area contributed by atoms with Crippen LogP contribution in [-0.2, 0) is 6.42 Å². The van der Waals surface area contributed by atoms with Gasteiger partial charge in [-0.25, -0.2) is 13.2 Å². The van der Waals surface area contributed by atoms with Crippen molar-refractivity contribution in [1.29, 1.82) is 0 Å². The molecular weight excluding hydrogens is 267 g/mol. The monoisotopic (exact) mass is 279 g/mol. The fraction of sp³-hybridized carbons (Fsp3) is 0.200. The normalized spacial score (nSPS) is 18.5. The van der Waals surface area contributed by atoms with Crippen molar-refractivity contribution in [2.45, 2.75) is 18.6 Å². The van der Waals surface area contributed by atoms with Crippen LogP contribution in [0.15, 0.2) is 36.4 Å². The lowest BCUT2D eigenvalue weighted by atomic mass is 9.99. The van der Waals surface area contributed by atoms with Crippen molar-refractivity contribution in [3.05, 3.63) is 65.0 Å². The van der Waals surface area contributed by atoms with E-state index in [1.165, 1.54) is 0 Å². The Bertz CT molecular complexity index is 635. The zero-order chi connectivity index (χ0) is 14.3. The van der Waals surface area contributed by atoms with Crippen LogP contribution in [0.25, 0.3) is 0 Å². The second-order valence-electron chi connectivity index (χ2n) is 4.84. The number of aliphatic hydroxyl groups is 1. The van der Waals surface area contributed by atoms with Gasteiger partial charge < -0.3 is 10.4 Å². The number of benzene rings is 2. The van der Waals surface area contributed by atoms with E-state index in [9.17, 15) is 18.3 Å². The highest BCUT2D eigenvalue weighted by atomic mass is 19.2. The fourth-order valence-corrected chi connectivity index (χ4v) is 2.50. The molecule has 0 saturated carbocycles. The van der Waals surface area contributed by atoms with E-state index in [0.29, 0.717) is 18.6 Å². The van der Waals surface area contributed by atoms with Gasteiger partial charge in [-0.2, -0.15) is 0 Å². The Morgan fingerprint density at radius 2 is 1.75 bits per heavy atom. The van der Waals surface area contributed by atoms with Crippen LogP contribution in [-0.4, -0.2) is 11.1 Å². The van der Waals surface area contributed by atoms with Gasteiger partial charge in [-0.3, -0.25) is 0 Å². The van der Waals surface area contributed by atoms with Crippen LogP contribution in [0.1, 0.15) is 17.2 Å². The molecule has 0 fully saturated rings. The first-order valence-corrected chi connectivity index (χ1v) is 6.23.